The van der Waals surface area contributed by atoms with E-state index in [-0.39, 0.29) is 17.6 Å². The number of rotatable bonds is 10. The third kappa shape index (κ3) is 6.83. The third-order valence-corrected chi connectivity index (χ3v) is 3.64. The maximum absolute atomic E-state index is 11.9. The lowest BCUT2D eigenvalue weighted by Crippen LogP contribution is -2.33. The Balaban J connectivity index is 1.78. The Kier molecular flexibility index (Phi) is 8.14. The van der Waals surface area contributed by atoms with Crippen LogP contribution in [-0.4, -0.2) is 38.6 Å². The van der Waals surface area contributed by atoms with Crippen LogP contribution < -0.4 is 20.1 Å². The van der Waals surface area contributed by atoms with E-state index in [1.54, 1.807) is 25.3 Å². The van der Waals surface area contributed by atoms with Crippen molar-refractivity contribution in [3.8, 4) is 11.5 Å². The van der Waals surface area contributed by atoms with Crippen molar-refractivity contribution in [2.45, 2.75) is 13.8 Å². The summed E-state index contributed by atoms with van der Waals surface area (Å²) < 4.78 is 16.0. The van der Waals surface area contributed by atoms with Crippen molar-refractivity contribution in [2.75, 3.05) is 26.8 Å². The van der Waals surface area contributed by atoms with Gasteiger partial charge in [0.2, 0.25) is 5.91 Å². The van der Waals surface area contributed by atoms with Gasteiger partial charge in [-0.2, -0.15) is 0 Å². The van der Waals surface area contributed by atoms with Crippen LogP contribution in [0.15, 0.2) is 47.1 Å². The number of hydrogen-bond donors (Lipinski definition) is 2. The number of ether oxygens (including phenoxy) is 2. The lowest BCUT2D eigenvalue weighted by atomic mass is 10.2. The Morgan fingerprint density at radius 3 is 2.61 bits per heavy atom. The quantitative estimate of drug-likeness (QED) is 0.484. The van der Waals surface area contributed by atoms with E-state index in [2.05, 4.69) is 24.5 Å². The second-order valence-electron chi connectivity index (χ2n) is 6.47. The van der Waals surface area contributed by atoms with Gasteiger partial charge in [0.25, 0.3) is 5.91 Å². The van der Waals surface area contributed by atoms with Crippen LogP contribution >= 0.6 is 0 Å². The predicted molar refractivity (Wildman–Crippen MR) is 106 cm³/mol. The molecule has 150 valence electrons. The zero-order valence-electron chi connectivity index (χ0n) is 16.4. The number of benzene rings is 1. The molecule has 0 saturated carbocycles. The smallest absolute Gasteiger partial charge is 0.287 e. The van der Waals surface area contributed by atoms with E-state index in [0.717, 1.165) is 5.56 Å². The molecule has 0 atom stereocenters. The molecular formula is C21H26N2O5. The van der Waals surface area contributed by atoms with Gasteiger partial charge >= 0.3 is 0 Å². The Morgan fingerprint density at radius 1 is 1.14 bits per heavy atom. The van der Waals surface area contributed by atoms with Gasteiger partial charge in [-0.25, -0.2) is 0 Å². The van der Waals surface area contributed by atoms with Crippen LogP contribution in [0.2, 0.25) is 0 Å². The number of carbonyl (C=O) groups is 2. The van der Waals surface area contributed by atoms with Crippen LogP contribution in [0.3, 0.4) is 0 Å². The summed E-state index contributed by atoms with van der Waals surface area (Å²) in [6.45, 7) is 5.36. The van der Waals surface area contributed by atoms with Gasteiger partial charge in [-0.05, 0) is 41.8 Å². The van der Waals surface area contributed by atoms with Crippen molar-refractivity contribution in [3.05, 3.63) is 54.0 Å². The van der Waals surface area contributed by atoms with Crippen molar-refractivity contribution in [1.29, 1.82) is 0 Å². The minimum absolute atomic E-state index is 0.237. The van der Waals surface area contributed by atoms with Crippen LogP contribution in [0.1, 0.15) is 30.0 Å². The number of amides is 2. The molecule has 0 aliphatic heterocycles. The first kappa shape index (κ1) is 21.1. The van der Waals surface area contributed by atoms with Crippen molar-refractivity contribution in [1.82, 2.24) is 10.6 Å². The summed E-state index contributed by atoms with van der Waals surface area (Å²) in [7, 11) is 1.58. The molecule has 2 aromatic rings. The Morgan fingerprint density at radius 2 is 1.93 bits per heavy atom. The highest BCUT2D eigenvalue weighted by Crippen LogP contribution is 2.28. The summed E-state index contributed by atoms with van der Waals surface area (Å²) in [6, 6.07) is 8.70. The van der Waals surface area contributed by atoms with E-state index in [9.17, 15) is 9.59 Å². The lowest BCUT2D eigenvalue weighted by Gasteiger charge is -2.12. The molecule has 28 heavy (non-hydrogen) atoms. The van der Waals surface area contributed by atoms with E-state index < -0.39 is 0 Å². The maximum Gasteiger partial charge on any atom is 0.287 e. The minimum Gasteiger partial charge on any atom is -0.493 e. The van der Waals surface area contributed by atoms with Gasteiger partial charge in [-0.1, -0.05) is 19.9 Å². The molecule has 1 heterocycles. The molecule has 1 aromatic heterocycles. The van der Waals surface area contributed by atoms with E-state index in [1.807, 2.05) is 18.2 Å². The molecule has 0 spiro atoms. The molecule has 2 rings (SSSR count). The second-order valence-corrected chi connectivity index (χ2v) is 6.47. The van der Waals surface area contributed by atoms with Crippen molar-refractivity contribution < 1.29 is 23.5 Å². The zero-order chi connectivity index (χ0) is 20.4. The highest BCUT2D eigenvalue weighted by atomic mass is 16.5. The summed E-state index contributed by atoms with van der Waals surface area (Å²) in [5, 5.41) is 5.35. The molecule has 7 nitrogen and oxygen atoms in total. The third-order valence-electron chi connectivity index (χ3n) is 3.64. The fourth-order valence-corrected chi connectivity index (χ4v) is 2.25. The first-order chi connectivity index (χ1) is 13.5. The molecule has 0 unspecified atom stereocenters. The average molecular weight is 386 g/mol. The van der Waals surface area contributed by atoms with E-state index in [4.69, 9.17) is 13.9 Å². The van der Waals surface area contributed by atoms with Crippen LogP contribution in [0.5, 0.6) is 11.5 Å². The predicted octanol–water partition coefficient (Wildman–Crippen LogP) is 2.88. The Labute approximate surface area is 164 Å². The molecule has 1 aromatic carbocycles. The minimum atomic E-state index is -0.318. The highest BCUT2D eigenvalue weighted by molar-refractivity contribution is 5.92. The fourth-order valence-electron chi connectivity index (χ4n) is 2.25. The van der Waals surface area contributed by atoms with Crippen molar-refractivity contribution in [3.63, 3.8) is 0 Å². The van der Waals surface area contributed by atoms with E-state index in [1.165, 1.54) is 12.3 Å². The number of nitrogens with one attached hydrogen (secondary N) is 2. The normalized spacial score (nSPS) is 10.9. The summed E-state index contributed by atoms with van der Waals surface area (Å²) in [4.78, 5) is 23.6. The summed E-state index contributed by atoms with van der Waals surface area (Å²) in [6.07, 6.45) is 4.54. The Bertz CT molecular complexity index is 797. The fraction of sp³-hybridized carbons (Fsp3) is 0.333. The molecule has 0 saturated heterocycles. The lowest BCUT2D eigenvalue weighted by molar-refractivity contribution is -0.116. The first-order valence-corrected chi connectivity index (χ1v) is 9.08. The number of carbonyl (C=O) groups excluding carboxylic acids is 2. The SMILES string of the molecule is COc1cc(/C=C/C(=O)NCCNC(=O)c2ccco2)ccc1OCC(C)C. The second kappa shape index (κ2) is 10.8. The van der Waals surface area contributed by atoms with Crippen LogP contribution in [-0.2, 0) is 4.79 Å². The molecule has 0 fully saturated rings. The van der Waals surface area contributed by atoms with Gasteiger partial charge in [-0.15, -0.1) is 0 Å². The molecule has 2 N–H and O–H groups in total. The highest BCUT2D eigenvalue weighted by Gasteiger charge is 2.08. The summed E-state index contributed by atoms with van der Waals surface area (Å²) >= 11 is 0. The van der Waals surface area contributed by atoms with Gasteiger partial charge in [-0.3, -0.25) is 9.59 Å². The number of hydrogen-bond acceptors (Lipinski definition) is 5. The topological polar surface area (TPSA) is 89.8 Å². The van der Waals surface area contributed by atoms with Gasteiger partial charge in [0.15, 0.2) is 17.3 Å². The van der Waals surface area contributed by atoms with Gasteiger partial charge < -0.3 is 24.5 Å². The van der Waals surface area contributed by atoms with Gasteiger partial charge in [0, 0.05) is 19.2 Å². The molecule has 0 bridgehead atoms. The Hall–Kier alpha value is -3.22. The first-order valence-electron chi connectivity index (χ1n) is 9.08. The van der Waals surface area contributed by atoms with Gasteiger partial charge in [0.1, 0.15) is 0 Å². The largest absolute Gasteiger partial charge is 0.493 e. The zero-order valence-corrected chi connectivity index (χ0v) is 16.4. The molecule has 7 heteroatoms. The summed E-state index contributed by atoms with van der Waals surface area (Å²) in [5.74, 6) is 1.36. The van der Waals surface area contributed by atoms with Crippen LogP contribution in [0.25, 0.3) is 6.08 Å². The van der Waals surface area contributed by atoms with Crippen molar-refractivity contribution >= 4 is 17.9 Å². The molecule has 0 radical (unpaired) electrons. The van der Waals surface area contributed by atoms with E-state index >= 15 is 0 Å². The number of methoxy groups -OCH3 is 1. The van der Waals surface area contributed by atoms with Crippen LogP contribution in [0.4, 0.5) is 0 Å². The summed E-state index contributed by atoms with van der Waals surface area (Å²) in [5.41, 5.74) is 0.815. The monoisotopic (exact) mass is 386 g/mol. The van der Waals surface area contributed by atoms with Crippen LogP contribution in [0, 0.1) is 5.92 Å². The number of furan rings is 1. The molecule has 2 amide bonds. The van der Waals surface area contributed by atoms with Gasteiger partial charge in [0.05, 0.1) is 20.0 Å². The molecule has 0 aliphatic carbocycles. The average Bonchev–Trinajstić information content (AvgIpc) is 3.23. The maximum atomic E-state index is 11.9. The standard InChI is InChI=1S/C21H26N2O5/c1-15(2)14-28-17-8-6-16(13-19(17)26-3)7-9-20(24)22-10-11-23-21(25)18-5-4-12-27-18/h4-9,12-13,15H,10-11,14H2,1-3H3,(H,22,24)(H,23,25)/b9-7+. The molecular weight excluding hydrogens is 360 g/mol. The molecule has 0 aliphatic rings. The van der Waals surface area contributed by atoms with Crippen molar-refractivity contribution in [2.24, 2.45) is 5.92 Å². The van der Waals surface area contributed by atoms with E-state index in [0.29, 0.717) is 37.1 Å².